The highest BCUT2D eigenvalue weighted by Gasteiger charge is 2.38. The van der Waals surface area contributed by atoms with Crippen LogP contribution in [0.2, 0.25) is 0 Å². The lowest BCUT2D eigenvalue weighted by molar-refractivity contribution is -0.385. The number of imide groups is 1. The zero-order chi connectivity index (χ0) is 25.1. The minimum atomic E-state index is -0.795. The molecule has 0 saturated carbocycles. The van der Waals surface area contributed by atoms with E-state index >= 15 is 0 Å². The van der Waals surface area contributed by atoms with E-state index in [1.165, 1.54) is 48.5 Å². The van der Waals surface area contributed by atoms with Gasteiger partial charge in [-0.2, -0.15) is 0 Å². The summed E-state index contributed by atoms with van der Waals surface area (Å²) in [5, 5.41) is 13.7. The zero-order valence-corrected chi connectivity index (χ0v) is 19.1. The number of benzene rings is 3. The van der Waals surface area contributed by atoms with Crippen LogP contribution in [-0.4, -0.2) is 22.7 Å². The van der Waals surface area contributed by atoms with E-state index in [2.05, 4.69) is 5.32 Å². The molecule has 0 aliphatic carbocycles. The highest BCUT2D eigenvalue weighted by Crippen LogP contribution is 2.31. The smallest absolute Gasteiger partial charge is 0.343 e. The molecule has 3 aromatic rings. The van der Waals surface area contributed by atoms with Crippen molar-refractivity contribution in [2.24, 2.45) is 0 Å². The fraction of sp³-hybridized carbons (Fsp3) is 0.0800. The number of hydrogen-bond acceptors (Lipinski definition) is 7. The molecule has 1 heterocycles. The van der Waals surface area contributed by atoms with Crippen molar-refractivity contribution in [1.29, 1.82) is 0 Å². The number of halogens is 1. The Morgan fingerprint density at radius 1 is 1.00 bits per heavy atom. The molecule has 0 radical (unpaired) electrons. The van der Waals surface area contributed by atoms with Crippen LogP contribution in [0.4, 0.5) is 17.1 Å². The van der Waals surface area contributed by atoms with Crippen molar-refractivity contribution in [3.05, 3.63) is 105 Å². The van der Waals surface area contributed by atoms with Crippen LogP contribution in [0.1, 0.15) is 22.8 Å². The number of carbonyl (C=O) groups is 3. The van der Waals surface area contributed by atoms with E-state index in [4.69, 9.17) is 16.3 Å². The van der Waals surface area contributed by atoms with Gasteiger partial charge in [-0.3, -0.25) is 19.7 Å². The monoisotopic (exact) mass is 491 g/mol. The quantitative estimate of drug-likeness (QED) is 0.165. The predicted octanol–water partition coefficient (Wildman–Crippen LogP) is 4.81. The van der Waals surface area contributed by atoms with Crippen LogP contribution < -0.4 is 15.0 Å². The van der Waals surface area contributed by atoms with E-state index in [1.54, 1.807) is 12.1 Å². The standard InChI is InChI=1S/C25H18ClN3O6/c1-2-15-7-13-18(14-8-15)28-23(30)21(26)22(24(28)31)27-17-11-9-16(10-12-17)25(32)35-20-6-4-3-5-19(20)29(33)34/h3-14,27H,2H2,1H3. The number of nitrogens with zero attached hydrogens (tertiary/aromatic N) is 2. The van der Waals surface area contributed by atoms with E-state index < -0.39 is 22.7 Å². The maximum Gasteiger partial charge on any atom is 0.343 e. The van der Waals surface area contributed by atoms with Gasteiger partial charge in [-0.1, -0.05) is 42.8 Å². The summed E-state index contributed by atoms with van der Waals surface area (Å²) in [6, 6.07) is 18.4. The number of nitro groups is 1. The first-order chi connectivity index (χ1) is 16.8. The Hall–Kier alpha value is -4.50. The normalized spacial score (nSPS) is 13.3. The SMILES string of the molecule is CCc1ccc(N2C(=O)C(Cl)=C(Nc3ccc(C(=O)Oc4ccccc4[N+](=O)[O-])cc3)C2=O)cc1. The predicted molar refractivity (Wildman–Crippen MR) is 129 cm³/mol. The fourth-order valence-electron chi connectivity index (χ4n) is 3.41. The van der Waals surface area contributed by atoms with Gasteiger partial charge >= 0.3 is 11.7 Å². The molecule has 0 fully saturated rings. The molecule has 1 aliphatic heterocycles. The molecule has 0 saturated heterocycles. The van der Waals surface area contributed by atoms with Gasteiger partial charge in [0.1, 0.15) is 10.7 Å². The van der Waals surface area contributed by atoms with Crippen molar-refractivity contribution in [3.63, 3.8) is 0 Å². The highest BCUT2D eigenvalue weighted by atomic mass is 35.5. The van der Waals surface area contributed by atoms with E-state index in [9.17, 15) is 24.5 Å². The maximum atomic E-state index is 12.9. The lowest BCUT2D eigenvalue weighted by Crippen LogP contribution is -2.32. The van der Waals surface area contributed by atoms with Gasteiger partial charge in [-0.25, -0.2) is 9.69 Å². The molecule has 1 N–H and O–H groups in total. The summed E-state index contributed by atoms with van der Waals surface area (Å²) >= 11 is 6.16. The van der Waals surface area contributed by atoms with Crippen LogP contribution in [0, 0.1) is 10.1 Å². The molecule has 0 aromatic heterocycles. The van der Waals surface area contributed by atoms with E-state index in [-0.39, 0.29) is 27.7 Å². The van der Waals surface area contributed by atoms with Crippen LogP contribution in [0.15, 0.2) is 83.5 Å². The summed E-state index contributed by atoms with van der Waals surface area (Å²) < 4.78 is 5.16. The van der Waals surface area contributed by atoms with Crippen LogP contribution in [0.3, 0.4) is 0 Å². The molecule has 1 aliphatic rings. The molecule has 9 nitrogen and oxygen atoms in total. The summed E-state index contributed by atoms with van der Waals surface area (Å²) in [5.74, 6) is -2.22. The Labute approximate surface area is 204 Å². The van der Waals surface area contributed by atoms with Crippen molar-refractivity contribution < 1.29 is 24.0 Å². The molecule has 176 valence electrons. The largest absolute Gasteiger partial charge is 0.416 e. The highest BCUT2D eigenvalue weighted by molar-refractivity contribution is 6.53. The number of carbonyl (C=O) groups excluding carboxylic acids is 3. The minimum absolute atomic E-state index is 0.0912. The van der Waals surface area contributed by atoms with Crippen LogP contribution >= 0.6 is 11.6 Å². The lowest BCUT2D eigenvalue weighted by atomic mass is 10.1. The summed E-state index contributed by atoms with van der Waals surface area (Å²) in [6.45, 7) is 2.00. The average molecular weight is 492 g/mol. The van der Waals surface area contributed by atoms with E-state index in [0.29, 0.717) is 11.4 Å². The topological polar surface area (TPSA) is 119 Å². The van der Waals surface area contributed by atoms with Gasteiger partial charge in [0.05, 0.1) is 16.2 Å². The van der Waals surface area contributed by atoms with Gasteiger partial charge in [-0.05, 0) is 54.4 Å². The number of aryl methyl sites for hydroxylation is 1. The van der Waals surface area contributed by atoms with Crippen molar-refractivity contribution in [1.82, 2.24) is 0 Å². The lowest BCUT2D eigenvalue weighted by Gasteiger charge is -2.15. The number of esters is 1. The molecule has 0 unspecified atom stereocenters. The first kappa shape index (κ1) is 23.7. The summed E-state index contributed by atoms with van der Waals surface area (Å²) in [4.78, 5) is 49.4. The Balaban J connectivity index is 1.48. The van der Waals surface area contributed by atoms with Gasteiger partial charge in [0.25, 0.3) is 11.8 Å². The van der Waals surface area contributed by atoms with Crippen molar-refractivity contribution in [2.75, 3.05) is 10.2 Å². The molecular formula is C25H18ClN3O6. The molecule has 4 rings (SSSR count). The molecule has 0 bridgehead atoms. The second-order valence-corrected chi connectivity index (χ2v) is 7.85. The second kappa shape index (κ2) is 9.78. The number of para-hydroxylation sites is 2. The van der Waals surface area contributed by atoms with Crippen LogP contribution in [0.5, 0.6) is 5.75 Å². The van der Waals surface area contributed by atoms with E-state index in [0.717, 1.165) is 16.9 Å². The van der Waals surface area contributed by atoms with Gasteiger partial charge in [0, 0.05) is 11.8 Å². The molecule has 0 atom stereocenters. The third-order valence-corrected chi connectivity index (χ3v) is 5.64. The Kier molecular flexibility index (Phi) is 6.61. The number of nitrogens with one attached hydrogen (secondary N) is 1. The molecule has 2 amide bonds. The summed E-state index contributed by atoms with van der Waals surface area (Å²) in [7, 11) is 0. The molecule has 3 aromatic carbocycles. The Bertz CT molecular complexity index is 1370. The maximum absolute atomic E-state index is 12.9. The second-order valence-electron chi connectivity index (χ2n) is 7.47. The minimum Gasteiger partial charge on any atom is -0.416 e. The van der Waals surface area contributed by atoms with E-state index in [1.807, 2.05) is 19.1 Å². The fourth-order valence-corrected chi connectivity index (χ4v) is 3.63. The van der Waals surface area contributed by atoms with Crippen molar-refractivity contribution in [3.8, 4) is 5.75 Å². The van der Waals surface area contributed by atoms with Crippen LogP contribution in [0.25, 0.3) is 0 Å². The number of amides is 2. The van der Waals surface area contributed by atoms with Crippen molar-refractivity contribution in [2.45, 2.75) is 13.3 Å². The number of ether oxygens (including phenoxy) is 1. The number of rotatable bonds is 7. The van der Waals surface area contributed by atoms with Crippen molar-refractivity contribution >= 4 is 46.4 Å². The zero-order valence-electron chi connectivity index (χ0n) is 18.4. The van der Waals surface area contributed by atoms with Gasteiger partial charge < -0.3 is 10.1 Å². The van der Waals surface area contributed by atoms with Gasteiger partial charge in [0.15, 0.2) is 0 Å². The first-order valence-electron chi connectivity index (χ1n) is 10.5. The Morgan fingerprint density at radius 3 is 2.29 bits per heavy atom. The number of nitro benzene ring substituents is 1. The molecule has 10 heteroatoms. The third-order valence-electron chi connectivity index (χ3n) is 5.28. The molecule has 0 spiro atoms. The number of hydrogen-bond donors (Lipinski definition) is 1. The third kappa shape index (κ3) is 4.75. The van der Waals surface area contributed by atoms with Gasteiger partial charge in [-0.15, -0.1) is 0 Å². The number of anilines is 2. The van der Waals surface area contributed by atoms with Gasteiger partial charge in [0.2, 0.25) is 5.75 Å². The summed E-state index contributed by atoms with van der Waals surface area (Å²) in [5.41, 5.74) is 1.56. The Morgan fingerprint density at radius 2 is 1.66 bits per heavy atom. The molecule has 35 heavy (non-hydrogen) atoms. The molecular weight excluding hydrogens is 474 g/mol. The van der Waals surface area contributed by atoms with Crippen LogP contribution in [-0.2, 0) is 16.0 Å². The summed E-state index contributed by atoms with van der Waals surface area (Å²) in [6.07, 6.45) is 0.819. The first-order valence-corrected chi connectivity index (χ1v) is 10.9. The average Bonchev–Trinajstić information content (AvgIpc) is 3.07.